The lowest BCUT2D eigenvalue weighted by Crippen LogP contribution is -2.21. The maximum atomic E-state index is 5.97. The van der Waals surface area contributed by atoms with E-state index in [1.165, 1.54) is 5.56 Å². The number of ether oxygens (including phenoxy) is 1. The Labute approximate surface area is 128 Å². The Balaban J connectivity index is 2.10. The van der Waals surface area contributed by atoms with Crippen LogP contribution in [0.2, 0.25) is 0 Å². The van der Waals surface area contributed by atoms with Gasteiger partial charge in [0.2, 0.25) is 0 Å². The highest BCUT2D eigenvalue weighted by Gasteiger charge is 2.07. The minimum Gasteiger partial charge on any atom is -0.497 e. The fourth-order valence-electron chi connectivity index (χ4n) is 2.02. The standard InChI is InChI=1S/C15H20BrN3O/c1-3-13(17)6-11-8-18-19(9-11)10-12-7-14(20-2)4-5-15(12)16/h4-5,7-9,13H,3,6,10,17H2,1-2H3. The molecule has 1 heterocycles. The fourth-order valence-corrected chi connectivity index (χ4v) is 2.39. The molecule has 0 saturated heterocycles. The van der Waals surface area contributed by atoms with Crippen molar-refractivity contribution in [1.29, 1.82) is 0 Å². The normalized spacial score (nSPS) is 12.4. The molecule has 2 N–H and O–H groups in total. The lowest BCUT2D eigenvalue weighted by Gasteiger charge is -2.08. The zero-order valence-corrected chi connectivity index (χ0v) is 13.4. The molecule has 20 heavy (non-hydrogen) atoms. The minimum absolute atomic E-state index is 0.205. The van der Waals surface area contributed by atoms with Crippen molar-refractivity contribution in [3.05, 3.63) is 46.2 Å². The van der Waals surface area contributed by atoms with E-state index in [-0.39, 0.29) is 6.04 Å². The number of aromatic nitrogens is 2. The predicted octanol–water partition coefficient (Wildman–Crippen LogP) is 2.98. The van der Waals surface area contributed by atoms with Gasteiger partial charge in [0.25, 0.3) is 0 Å². The maximum Gasteiger partial charge on any atom is 0.119 e. The summed E-state index contributed by atoms with van der Waals surface area (Å²) in [6, 6.07) is 6.15. The van der Waals surface area contributed by atoms with Crippen molar-refractivity contribution in [1.82, 2.24) is 9.78 Å². The van der Waals surface area contributed by atoms with E-state index in [9.17, 15) is 0 Å². The fraction of sp³-hybridized carbons (Fsp3) is 0.400. The topological polar surface area (TPSA) is 53.1 Å². The first kappa shape index (κ1) is 15.1. The van der Waals surface area contributed by atoms with Crippen LogP contribution in [0.5, 0.6) is 5.75 Å². The SMILES string of the molecule is CCC(N)Cc1cnn(Cc2cc(OC)ccc2Br)c1. The van der Waals surface area contributed by atoms with E-state index in [2.05, 4.69) is 34.1 Å². The molecule has 5 heteroatoms. The number of halogens is 1. The van der Waals surface area contributed by atoms with E-state index >= 15 is 0 Å². The lowest BCUT2D eigenvalue weighted by atomic mass is 10.1. The van der Waals surface area contributed by atoms with Gasteiger partial charge in [-0.25, -0.2) is 0 Å². The smallest absolute Gasteiger partial charge is 0.119 e. The molecule has 1 aromatic carbocycles. The van der Waals surface area contributed by atoms with Gasteiger partial charge in [0, 0.05) is 16.7 Å². The van der Waals surface area contributed by atoms with Gasteiger partial charge < -0.3 is 10.5 Å². The Morgan fingerprint density at radius 3 is 2.95 bits per heavy atom. The summed E-state index contributed by atoms with van der Waals surface area (Å²) in [5.74, 6) is 0.851. The average Bonchev–Trinajstić information content (AvgIpc) is 2.88. The van der Waals surface area contributed by atoms with Crippen molar-refractivity contribution >= 4 is 15.9 Å². The second-order valence-electron chi connectivity index (χ2n) is 4.88. The summed E-state index contributed by atoms with van der Waals surface area (Å²) < 4.78 is 8.24. The molecular weight excluding hydrogens is 318 g/mol. The van der Waals surface area contributed by atoms with Crippen molar-refractivity contribution in [3.8, 4) is 5.75 Å². The molecule has 2 aromatic rings. The molecule has 0 fully saturated rings. The molecule has 0 spiro atoms. The molecule has 1 atom stereocenters. The maximum absolute atomic E-state index is 5.97. The van der Waals surface area contributed by atoms with Crippen LogP contribution in [0.15, 0.2) is 35.1 Å². The van der Waals surface area contributed by atoms with Crippen LogP contribution in [0.1, 0.15) is 24.5 Å². The number of methoxy groups -OCH3 is 1. The van der Waals surface area contributed by atoms with Gasteiger partial charge in [-0.1, -0.05) is 22.9 Å². The molecule has 0 bridgehead atoms. The number of nitrogens with two attached hydrogens (primary N) is 1. The van der Waals surface area contributed by atoms with E-state index in [4.69, 9.17) is 10.5 Å². The zero-order valence-electron chi connectivity index (χ0n) is 11.8. The van der Waals surface area contributed by atoms with Crippen molar-refractivity contribution < 1.29 is 4.74 Å². The van der Waals surface area contributed by atoms with Crippen molar-refractivity contribution in [3.63, 3.8) is 0 Å². The quantitative estimate of drug-likeness (QED) is 0.881. The molecule has 1 unspecified atom stereocenters. The van der Waals surface area contributed by atoms with Crippen LogP contribution in [0.3, 0.4) is 0 Å². The van der Waals surface area contributed by atoms with Crippen LogP contribution < -0.4 is 10.5 Å². The van der Waals surface area contributed by atoms with Crippen LogP contribution >= 0.6 is 15.9 Å². The molecule has 0 radical (unpaired) electrons. The van der Waals surface area contributed by atoms with Gasteiger partial charge in [-0.05, 0) is 42.2 Å². The first-order valence-corrected chi connectivity index (χ1v) is 7.51. The second kappa shape index (κ2) is 6.90. The third-order valence-electron chi connectivity index (χ3n) is 3.29. The highest BCUT2D eigenvalue weighted by atomic mass is 79.9. The summed E-state index contributed by atoms with van der Waals surface area (Å²) in [6.45, 7) is 2.81. The van der Waals surface area contributed by atoms with Gasteiger partial charge in [-0.2, -0.15) is 5.10 Å². The highest BCUT2D eigenvalue weighted by Crippen LogP contribution is 2.23. The van der Waals surface area contributed by atoms with E-state index in [0.717, 1.165) is 28.6 Å². The van der Waals surface area contributed by atoms with Crippen molar-refractivity contribution in [2.75, 3.05) is 7.11 Å². The summed E-state index contributed by atoms with van der Waals surface area (Å²) in [7, 11) is 1.67. The van der Waals surface area contributed by atoms with Crippen LogP contribution in [-0.4, -0.2) is 22.9 Å². The van der Waals surface area contributed by atoms with Gasteiger partial charge in [-0.15, -0.1) is 0 Å². The number of nitrogens with zero attached hydrogens (tertiary/aromatic N) is 2. The number of hydrogen-bond donors (Lipinski definition) is 1. The summed E-state index contributed by atoms with van der Waals surface area (Å²) in [5, 5.41) is 4.39. The molecule has 0 aliphatic rings. The van der Waals surface area contributed by atoms with Gasteiger partial charge in [0.15, 0.2) is 0 Å². The largest absolute Gasteiger partial charge is 0.497 e. The predicted molar refractivity (Wildman–Crippen MR) is 84.0 cm³/mol. The average molecular weight is 338 g/mol. The van der Waals surface area contributed by atoms with Crippen molar-refractivity contribution in [2.24, 2.45) is 5.73 Å². The number of hydrogen-bond acceptors (Lipinski definition) is 3. The van der Waals surface area contributed by atoms with Gasteiger partial charge >= 0.3 is 0 Å². The van der Waals surface area contributed by atoms with E-state index in [0.29, 0.717) is 6.54 Å². The molecule has 0 aliphatic heterocycles. The molecule has 0 amide bonds. The molecule has 2 rings (SSSR count). The van der Waals surface area contributed by atoms with E-state index < -0.39 is 0 Å². The molecule has 4 nitrogen and oxygen atoms in total. The van der Waals surface area contributed by atoms with Gasteiger partial charge in [0.05, 0.1) is 19.9 Å². The molecule has 1 aromatic heterocycles. The molecule has 108 valence electrons. The summed E-state index contributed by atoms with van der Waals surface area (Å²) in [5.41, 5.74) is 8.28. The third kappa shape index (κ3) is 3.84. The van der Waals surface area contributed by atoms with Crippen molar-refractivity contribution in [2.45, 2.75) is 32.4 Å². The van der Waals surface area contributed by atoms with E-state index in [1.54, 1.807) is 7.11 Å². The zero-order chi connectivity index (χ0) is 14.5. The summed E-state index contributed by atoms with van der Waals surface area (Å²) >= 11 is 3.56. The number of rotatable bonds is 6. The van der Waals surface area contributed by atoms with Crippen LogP contribution in [0.4, 0.5) is 0 Å². The van der Waals surface area contributed by atoms with Crippen LogP contribution in [-0.2, 0) is 13.0 Å². The lowest BCUT2D eigenvalue weighted by molar-refractivity contribution is 0.414. The second-order valence-corrected chi connectivity index (χ2v) is 5.73. The summed E-state index contributed by atoms with van der Waals surface area (Å²) in [4.78, 5) is 0. The van der Waals surface area contributed by atoms with E-state index in [1.807, 2.05) is 29.1 Å². The molecule has 0 aliphatic carbocycles. The Kier molecular flexibility index (Phi) is 5.20. The third-order valence-corrected chi connectivity index (χ3v) is 4.07. The van der Waals surface area contributed by atoms with Gasteiger partial charge in [-0.3, -0.25) is 4.68 Å². The number of benzene rings is 1. The first-order valence-electron chi connectivity index (χ1n) is 6.71. The molecule has 0 saturated carbocycles. The highest BCUT2D eigenvalue weighted by molar-refractivity contribution is 9.10. The monoisotopic (exact) mass is 337 g/mol. The van der Waals surface area contributed by atoms with Gasteiger partial charge in [0.1, 0.15) is 5.75 Å². The Morgan fingerprint density at radius 1 is 1.45 bits per heavy atom. The first-order chi connectivity index (χ1) is 9.62. The minimum atomic E-state index is 0.205. The Hall–Kier alpha value is -1.33. The van der Waals surface area contributed by atoms with Crippen LogP contribution in [0, 0.1) is 0 Å². The van der Waals surface area contributed by atoms with Crippen LogP contribution in [0.25, 0.3) is 0 Å². The summed E-state index contributed by atoms with van der Waals surface area (Å²) in [6.07, 6.45) is 5.80. The Morgan fingerprint density at radius 2 is 2.25 bits per heavy atom. The molecular formula is C15H20BrN3O. The Bertz CT molecular complexity index is 568.